The lowest BCUT2D eigenvalue weighted by Gasteiger charge is -2.09. The molecule has 1 rings (SSSR count). The number of hydrogen-bond donors (Lipinski definition) is 1. The smallest absolute Gasteiger partial charge is 0.142 e. The first-order valence-corrected chi connectivity index (χ1v) is 4.80. The highest BCUT2D eigenvalue weighted by atomic mass is 16.5. The van der Waals surface area contributed by atoms with E-state index in [4.69, 9.17) is 15.2 Å². The number of ether oxygens (including phenoxy) is 2. The molecule has 0 aliphatic rings. The first-order chi connectivity index (χ1) is 6.74. The zero-order chi connectivity index (χ0) is 10.4. The highest BCUT2D eigenvalue weighted by Gasteiger charge is 1.99. The van der Waals surface area contributed by atoms with E-state index in [1.807, 2.05) is 32.0 Å². The van der Waals surface area contributed by atoms with Crippen LogP contribution in [-0.4, -0.2) is 19.8 Å². The fourth-order valence-electron chi connectivity index (χ4n) is 1.15. The van der Waals surface area contributed by atoms with Crippen molar-refractivity contribution in [1.29, 1.82) is 0 Å². The number of nitrogen functional groups attached to an aromatic ring is 1. The maximum Gasteiger partial charge on any atom is 0.142 e. The highest BCUT2D eigenvalue weighted by molar-refractivity contribution is 5.53. The Morgan fingerprint density at radius 3 is 2.71 bits per heavy atom. The summed E-state index contributed by atoms with van der Waals surface area (Å²) in [7, 11) is 0. The van der Waals surface area contributed by atoms with Gasteiger partial charge in [-0.2, -0.15) is 0 Å². The fourth-order valence-corrected chi connectivity index (χ4v) is 1.15. The van der Waals surface area contributed by atoms with E-state index in [-0.39, 0.29) is 0 Å². The topological polar surface area (TPSA) is 44.5 Å². The third kappa shape index (κ3) is 3.26. The molecule has 14 heavy (non-hydrogen) atoms. The molecule has 3 heteroatoms. The molecule has 78 valence electrons. The van der Waals surface area contributed by atoms with Crippen molar-refractivity contribution in [2.24, 2.45) is 0 Å². The summed E-state index contributed by atoms with van der Waals surface area (Å²) in [5.74, 6) is 0.732. The van der Waals surface area contributed by atoms with Crippen LogP contribution in [0.2, 0.25) is 0 Å². The Bertz CT molecular complexity index is 287. The van der Waals surface area contributed by atoms with Crippen LogP contribution in [0.5, 0.6) is 5.75 Å². The summed E-state index contributed by atoms with van der Waals surface area (Å²) >= 11 is 0. The molecule has 0 aromatic heterocycles. The Labute approximate surface area is 84.8 Å². The van der Waals surface area contributed by atoms with Crippen molar-refractivity contribution in [3.8, 4) is 5.75 Å². The summed E-state index contributed by atoms with van der Waals surface area (Å²) in [5, 5.41) is 0. The SMILES string of the molecule is CCOCCOc1ccc(C)cc1N. The summed E-state index contributed by atoms with van der Waals surface area (Å²) in [6.07, 6.45) is 0. The second kappa shape index (κ2) is 5.50. The zero-order valence-electron chi connectivity index (χ0n) is 8.75. The number of anilines is 1. The van der Waals surface area contributed by atoms with Crippen molar-refractivity contribution in [1.82, 2.24) is 0 Å². The van der Waals surface area contributed by atoms with Gasteiger partial charge in [0.1, 0.15) is 12.4 Å². The first-order valence-electron chi connectivity index (χ1n) is 4.80. The molecule has 0 radical (unpaired) electrons. The van der Waals surface area contributed by atoms with Crippen LogP contribution < -0.4 is 10.5 Å². The van der Waals surface area contributed by atoms with E-state index in [2.05, 4.69) is 0 Å². The standard InChI is InChI=1S/C11H17NO2/c1-3-13-6-7-14-11-5-4-9(2)8-10(11)12/h4-5,8H,3,6-7,12H2,1-2H3. The van der Waals surface area contributed by atoms with Crippen molar-refractivity contribution in [3.63, 3.8) is 0 Å². The molecule has 0 unspecified atom stereocenters. The molecule has 2 N–H and O–H groups in total. The number of rotatable bonds is 5. The van der Waals surface area contributed by atoms with Gasteiger partial charge in [-0.15, -0.1) is 0 Å². The number of hydrogen-bond acceptors (Lipinski definition) is 3. The molecule has 0 amide bonds. The van der Waals surface area contributed by atoms with Gasteiger partial charge in [0, 0.05) is 6.61 Å². The third-order valence-corrected chi connectivity index (χ3v) is 1.85. The van der Waals surface area contributed by atoms with E-state index < -0.39 is 0 Å². The molecular formula is C11H17NO2. The Hall–Kier alpha value is -1.22. The van der Waals surface area contributed by atoms with Gasteiger partial charge in [0.15, 0.2) is 0 Å². The normalized spacial score (nSPS) is 10.1. The average Bonchev–Trinajstić information content (AvgIpc) is 2.15. The summed E-state index contributed by atoms with van der Waals surface area (Å²) < 4.78 is 10.6. The molecule has 0 aliphatic carbocycles. The van der Waals surface area contributed by atoms with E-state index in [0.29, 0.717) is 25.5 Å². The summed E-state index contributed by atoms with van der Waals surface area (Å²) in [6, 6.07) is 5.76. The van der Waals surface area contributed by atoms with Crippen LogP contribution in [0.3, 0.4) is 0 Å². The van der Waals surface area contributed by atoms with Gasteiger partial charge >= 0.3 is 0 Å². The molecule has 0 saturated carbocycles. The molecular weight excluding hydrogens is 178 g/mol. The van der Waals surface area contributed by atoms with Crippen LogP contribution in [0.15, 0.2) is 18.2 Å². The predicted octanol–water partition coefficient (Wildman–Crippen LogP) is 1.99. The number of benzene rings is 1. The monoisotopic (exact) mass is 195 g/mol. The lowest BCUT2D eigenvalue weighted by atomic mass is 10.2. The van der Waals surface area contributed by atoms with Crippen molar-refractivity contribution < 1.29 is 9.47 Å². The van der Waals surface area contributed by atoms with E-state index in [1.165, 1.54) is 0 Å². The molecule has 1 aromatic carbocycles. The van der Waals surface area contributed by atoms with Crippen molar-refractivity contribution in [2.75, 3.05) is 25.6 Å². The van der Waals surface area contributed by atoms with E-state index in [0.717, 1.165) is 11.3 Å². The van der Waals surface area contributed by atoms with Crippen LogP contribution in [0.4, 0.5) is 5.69 Å². The van der Waals surface area contributed by atoms with E-state index >= 15 is 0 Å². The first kappa shape index (κ1) is 10.9. The number of nitrogens with two attached hydrogens (primary N) is 1. The minimum atomic E-state index is 0.543. The maximum absolute atomic E-state index is 5.77. The van der Waals surface area contributed by atoms with Crippen LogP contribution in [0.25, 0.3) is 0 Å². The van der Waals surface area contributed by atoms with Gasteiger partial charge in [0.25, 0.3) is 0 Å². The number of aryl methyl sites for hydroxylation is 1. The largest absolute Gasteiger partial charge is 0.489 e. The fraction of sp³-hybridized carbons (Fsp3) is 0.455. The molecule has 0 spiro atoms. The van der Waals surface area contributed by atoms with Crippen molar-refractivity contribution >= 4 is 5.69 Å². The van der Waals surface area contributed by atoms with Crippen LogP contribution in [-0.2, 0) is 4.74 Å². The van der Waals surface area contributed by atoms with Crippen LogP contribution >= 0.6 is 0 Å². The second-order valence-corrected chi connectivity index (χ2v) is 3.09. The van der Waals surface area contributed by atoms with E-state index in [1.54, 1.807) is 0 Å². The Balaban J connectivity index is 2.42. The predicted molar refractivity (Wildman–Crippen MR) is 57.6 cm³/mol. The average molecular weight is 195 g/mol. The van der Waals surface area contributed by atoms with E-state index in [9.17, 15) is 0 Å². The Morgan fingerprint density at radius 2 is 2.07 bits per heavy atom. The maximum atomic E-state index is 5.77. The summed E-state index contributed by atoms with van der Waals surface area (Å²) in [4.78, 5) is 0. The summed E-state index contributed by atoms with van der Waals surface area (Å²) in [6.45, 7) is 5.82. The molecule has 0 heterocycles. The Kier molecular flexibility index (Phi) is 4.26. The van der Waals surface area contributed by atoms with Gasteiger partial charge in [-0.05, 0) is 31.5 Å². The minimum Gasteiger partial charge on any atom is -0.489 e. The lowest BCUT2D eigenvalue weighted by Crippen LogP contribution is -2.07. The molecule has 3 nitrogen and oxygen atoms in total. The van der Waals surface area contributed by atoms with Crippen molar-refractivity contribution in [2.45, 2.75) is 13.8 Å². The molecule has 0 aliphatic heterocycles. The molecule has 0 bridgehead atoms. The molecule has 0 fully saturated rings. The van der Waals surface area contributed by atoms with Crippen LogP contribution in [0.1, 0.15) is 12.5 Å². The van der Waals surface area contributed by atoms with Gasteiger partial charge < -0.3 is 15.2 Å². The Morgan fingerprint density at radius 1 is 1.29 bits per heavy atom. The molecule has 0 saturated heterocycles. The second-order valence-electron chi connectivity index (χ2n) is 3.09. The zero-order valence-corrected chi connectivity index (χ0v) is 8.75. The van der Waals surface area contributed by atoms with Gasteiger partial charge in [0.2, 0.25) is 0 Å². The minimum absolute atomic E-state index is 0.543. The third-order valence-electron chi connectivity index (χ3n) is 1.85. The molecule has 1 aromatic rings. The molecule has 0 atom stereocenters. The van der Waals surface area contributed by atoms with Gasteiger partial charge in [-0.1, -0.05) is 6.07 Å². The lowest BCUT2D eigenvalue weighted by molar-refractivity contribution is 0.110. The van der Waals surface area contributed by atoms with Gasteiger partial charge in [-0.3, -0.25) is 0 Å². The van der Waals surface area contributed by atoms with Gasteiger partial charge in [0.05, 0.1) is 12.3 Å². The quantitative estimate of drug-likeness (QED) is 0.577. The van der Waals surface area contributed by atoms with Crippen molar-refractivity contribution in [3.05, 3.63) is 23.8 Å². The highest BCUT2D eigenvalue weighted by Crippen LogP contribution is 2.21. The summed E-state index contributed by atoms with van der Waals surface area (Å²) in [5.41, 5.74) is 7.59. The van der Waals surface area contributed by atoms with Gasteiger partial charge in [-0.25, -0.2) is 0 Å². The van der Waals surface area contributed by atoms with Crippen LogP contribution in [0, 0.1) is 6.92 Å².